The Morgan fingerprint density at radius 2 is 1.74 bits per heavy atom. The van der Waals surface area contributed by atoms with Gasteiger partial charge in [0, 0.05) is 35.6 Å². The van der Waals surface area contributed by atoms with Crippen molar-refractivity contribution in [2.24, 2.45) is 0 Å². The van der Waals surface area contributed by atoms with Gasteiger partial charge in [-0.25, -0.2) is 8.42 Å². The van der Waals surface area contributed by atoms with Gasteiger partial charge in [-0.05, 0) is 55.5 Å². The summed E-state index contributed by atoms with van der Waals surface area (Å²) in [6, 6.07) is 13.3. The molecule has 0 aromatic heterocycles. The molecule has 2 amide bonds. The number of hydrogen-bond acceptors (Lipinski definition) is 4. The Morgan fingerprint density at radius 1 is 1.05 bits per heavy atom. The third kappa shape index (κ3) is 8.61. The predicted molar refractivity (Wildman–Crippen MR) is 154 cm³/mol. The Bertz CT molecular complexity index is 1190. The highest BCUT2D eigenvalue weighted by Gasteiger charge is 2.31. The molecule has 1 aliphatic rings. The molecule has 3 rings (SSSR count). The minimum absolute atomic E-state index is 0.0806. The zero-order valence-corrected chi connectivity index (χ0v) is 24.4. The van der Waals surface area contributed by atoms with Gasteiger partial charge in [0.2, 0.25) is 21.8 Å². The van der Waals surface area contributed by atoms with Crippen molar-refractivity contribution >= 4 is 50.7 Å². The molecular formula is C28H37Cl2N3O4S. The van der Waals surface area contributed by atoms with Gasteiger partial charge >= 0.3 is 0 Å². The van der Waals surface area contributed by atoms with E-state index in [4.69, 9.17) is 23.2 Å². The highest BCUT2D eigenvalue weighted by atomic mass is 35.5. The van der Waals surface area contributed by atoms with Crippen molar-refractivity contribution in [1.29, 1.82) is 0 Å². The van der Waals surface area contributed by atoms with Crippen molar-refractivity contribution in [3.63, 3.8) is 0 Å². The number of nitrogens with one attached hydrogen (secondary N) is 1. The molecule has 7 nitrogen and oxygen atoms in total. The number of carbonyl (C=O) groups is 2. The van der Waals surface area contributed by atoms with Crippen molar-refractivity contribution in [1.82, 2.24) is 10.2 Å². The van der Waals surface area contributed by atoms with Crippen LogP contribution in [0.3, 0.4) is 0 Å². The van der Waals surface area contributed by atoms with Gasteiger partial charge in [-0.15, -0.1) is 0 Å². The summed E-state index contributed by atoms with van der Waals surface area (Å²) in [7, 11) is -3.53. The fourth-order valence-electron chi connectivity index (χ4n) is 4.90. The van der Waals surface area contributed by atoms with E-state index in [1.165, 1.54) is 10.7 Å². The van der Waals surface area contributed by atoms with E-state index in [0.29, 0.717) is 34.1 Å². The molecule has 2 aromatic rings. The Hall–Kier alpha value is -2.29. The number of halogens is 2. The van der Waals surface area contributed by atoms with Gasteiger partial charge < -0.3 is 10.2 Å². The van der Waals surface area contributed by atoms with Crippen LogP contribution in [0, 0.1) is 0 Å². The van der Waals surface area contributed by atoms with E-state index in [2.05, 4.69) is 5.32 Å². The van der Waals surface area contributed by atoms with Crippen LogP contribution in [-0.4, -0.2) is 50.0 Å². The van der Waals surface area contributed by atoms with Crippen LogP contribution >= 0.6 is 23.2 Å². The third-order valence-electron chi connectivity index (χ3n) is 6.89. The number of anilines is 1. The summed E-state index contributed by atoms with van der Waals surface area (Å²) in [5.41, 5.74) is 1.24. The van der Waals surface area contributed by atoms with Gasteiger partial charge in [0.1, 0.15) is 6.04 Å². The highest BCUT2D eigenvalue weighted by Crippen LogP contribution is 2.25. The number of rotatable bonds is 12. The number of carbonyl (C=O) groups excluding carboxylic acids is 2. The molecule has 1 saturated carbocycles. The number of sulfonamides is 1. The topological polar surface area (TPSA) is 86.8 Å². The lowest BCUT2D eigenvalue weighted by atomic mass is 9.95. The van der Waals surface area contributed by atoms with Crippen LogP contribution in [0.2, 0.25) is 10.0 Å². The number of benzene rings is 2. The van der Waals surface area contributed by atoms with Crippen molar-refractivity contribution in [2.75, 3.05) is 17.1 Å². The van der Waals surface area contributed by atoms with Crippen LogP contribution in [0.1, 0.15) is 63.9 Å². The smallest absolute Gasteiger partial charge is 0.243 e. The molecule has 0 spiro atoms. The molecule has 1 atom stereocenters. The molecule has 0 bridgehead atoms. The average molecular weight is 583 g/mol. The van der Waals surface area contributed by atoms with Crippen LogP contribution < -0.4 is 9.62 Å². The minimum atomic E-state index is -3.53. The van der Waals surface area contributed by atoms with Crippen molar-refractivity contribution in [2.45, 2.75) is 76.9 Å². The van der Waals surface area contributed by atoms with E-state index >= 15 is 0 Å². The second-order valence-electron chi connectivity index (χ2n) is 9.80. The first-order valence-electron chi connectivity index (χ1n) is 13.2. The van der Waals surface area contributed by atoms with Crippen LogP contribution in [0.25, 0.3) is 0 Å². The molecule has 1 fully saturated rings. The summed E-state index contributed by atoms with van der Waals surface area (Å²) < 4.78 is 26.2. The predicted octanol–water partition coefficient (Wildman–Crippen LogP) is 5.80. The lowest BCUT2D eigenvalue weighted by molar-refractivity contribution is -0.141. The van der Waals surface area contributed by atoms with Gasteiger partial charge in [-0.2, -0.15) is 0 Å². The summed E-state index contributed by atoms with van der Waals surface area (Å²) in [5.74, 6) is -0.400. The first-order valence-corrected chi connectivity index (χ1v) is 15.8. The number of para-hydroxylation sites is 1. The molecule has 10 heteroatoms. The fourth-order valence-corrected chi connectivity index (χ4v) is 6.33. The molecule has 38 heavy (non-hydrogen) atoms. The summed E-state index contributed by atoms with van der Waals surface area (Å²) in [6.45, 7) is 2.19. The van der Waals surface area contributed by atoms with Gasteiger partial charge in [0.15, 0.2) is 0 Å². The first kappa shape index (κ1) is 30.3. The van der Waals surface area contributed by atoms with Crippen LogP contribution in [0.5, 0.6) is 0 Å². The van der Waals surface area contributed by atoms with Gasteiger partial charge in [0.05, 0.1) is 11.9 Å². The monoisotopic (exact) mass is 581 g/mol. The van der Waals surface area contributed by atoms with Gasteiger partial charge in [0.25, 0.3) is 0 Å². The summed E-state index contributed by atoms with van der Waals surface area (Å²) in [5, 5.41) is 4.06. The number of hydrogen-bond donors (Lipinski definition) is 1. The first-order chi connectivity index (χ1) is 18.1. The molecule has 2 aromatic carbocycles. The molecule has 1 N–H and O–H groups in total. The zero-order valence-electron chi connectivity index (χ0n) is 22.0. The van der Waals surface area contributed by atoms with Gasteiger partial charge in [-0.3, -0.25) is 13.9 Å². The second-order valence-corrected chi connectivity index (χ2v) is 12.5. The van der Waals surface area contributed by atoms with Crippen LogP contribution in [0.15, 0.2) is 48.5 Å². The normalized spacial score (nSPS) is 15.1. The SMILES string of the molecule is CC[C@@H](C(=O)NC1CCCCC1)N(Cc1ccc(Cl)cc1Cl)C(=O)CCCN(c1ccccc1)S(C)(=O)=O. The van der Waals surface area contributed by atoms with Crippen LogP contribution in [0.4, 0.5) is 5.69 Å². The van der Waals surface area contributed by atoms with E-state index < -0.39 is 16.1 Å². The molecule has 1 aliphatic carbocycles. The maximum atomic E-state index is 13.6. The van der Waals surface area contributed by atoms with Crippen LogP contribution in [-0.2, 0) is 26.2 Å². The molecule has 0 saturated heterocycles. The van der Waals surface area contributed by atoms with E-state index in [9.17, 15) is 18.0 Å². The largest absolute Gasteiger partial charge is 0.352 e. The lowest BCUT2D eigenvalue weighted by Crippen LogP contribution is -2.51. The third-order valence-corrected chi connectivity index (χ3v) is 8.67. The van der Waals surface area contributed by atoms with Crippen molar-refractivity contribution in [3.8, 4) is 0 Å². The van der Waals surface area contributed by atoms with Gasteiger partial charge in [-0.1, -0.05) is 73.7 Å². The number of nitrogens with zero attached hydrogens (tertiary/aromatic N) is 2. The molecule has 0 radical (unpaired) electrons. The van der Waals surface area contributed by atoms with E-state index in [0.717, 1.165) is 31.9 Å². The molecule has 0 unspecified atom stereocenters. The number of amides is 2. The Balaban J connectivity index is 1.77. The molecule has 0 heterocycles. The summed E-state index contributed by atoms with van der Waals surface area (Å²) in [6.07, 6.45) is 7.21. The standard InChI is InChI=1S/C28H37Cl2N3O4S/c1-3-26(28(35)31-23-11-6-4-7-12-23)32(20-21-16-17-22(29)19-25(21)30)27(34)15-10-18-33(38(2,36)37)24-13-8-5-9-14-24/h5,8-9,13-14,16-17,19,23,26H,3-4,6-7,10-12,15,18,20H2,1-2H3,(H,31,35)/t26-/m0/s1. The summed E-state index contributed by atoms with van der Waals surface area (Å²) >= 11 is 12.5. The molecule has 208 valence electrons. The minimum Gasteiger partial charge on any atom is -0.352 e. The highest BCUT2D eigenvalue weighted by molar-refractivity contribution is 7.92. The Kier molecular flexibility index (Phi) is 11.3. The maximum absolute atomic E-state index is 13.6. The summed E-state index contributed by atoms with van der Waals surface area (Å²) in [4.78, 5) is 28.5. The molecular weight excluding hydrogens is 545 g/mol. The van der Waals surface area contributed by atoms with E-state index in [-0.39, 0.29) is 37.4 Å². The van der Waals surface area contributed by atoms with E-state index in [1.54, 1.807) is 47.4 Å². The Morgan fingerprint density at radius 3 is 2.34 bits per heavy atom. The zero-order chi connectivity index (χ0) is 27.7. The maximum Gasteiger partial charge on any atom is 0.243 e. The molecule has 0 aliphatic heterocycles. The average Bonchev–Trinajstić information content (AvgIpc) is 2.88. The van der Waals surface area contributed by atoms with E-state index in [1.807, 2.05) is 13.0 Å². The second kappa shape index (κ2) is 14.2. The van der Waals surface area contributed by atoms with Crippen molar-refractivity contribution < 1.29 is 18.0 Å². The Labute approximate surface area is 236 Å². The van der Waals surface area contributed by atoms with Crippen molar-refractivity contribution in [3.05, 3.63) is 64.1 Å². The lowest BCUT2D eigenvalue weighted by Gasteiger charge is -2.33. The fraction of sp³-hybridized carbons (Fsp3) is 0.500. The quantitative estimate of drug-likeness (QED) is 0.343.